The van der Waals surface area contributed by atoms with Gasteiger partial charge in [0.1, 0.15) is 11.6 Å². The second-order valence-corrected chi connectivity index (χ2v) is 5.00. The molecule has 94 valence electrons. The van der Waals surface area contributed by atoms with Gasteiger partial charge >= 0.3 is 0 Å². The van der Waals surface area contributed by atoms with E-state index in [0.717, 1.165) is 0 Å². The van der Waals surface area contributed by atoms with Crippen molar-refractivity contribution in [2.24, 2.45) is 0 Å². The van der Waals surface area contributed by atoms with Gasteiger partial charge < -0.3 is 5.11 Å². The first-order valence-electron chi connectivity index (χ1n) is 5.48. The van der Waals surface area contributed by atoms with E-state index in [1.165, 1.54) is 36.9 Å². The third-order valence-electron chi connectivity index (χ3n) is 2.45. The molecule has 1 nitrogen and oxygen atoms in total. The zero-order chi connectivity index (χ0) is 13.1. The van der Waals surface area contributed by atoms with Crippen LogP contribution in [-0.4, -0.2) is 5.11 Å². The smallest absolute Gasteiger partial charge is 0.130 e. The van der Waals surface area contributed by atoms with Crippen LogP contribution in [-0.2, 0) is 0 Å². The van der Waals surface area contributed by atoms with E-state index in [4.69, 9.17) is 0 Å². The van der Waals surface area contributed by atoms with Crippen molar-refractivity contribution >= 4 is 11.8 Å². The maximum absolute atomic E-state index is 13.6. The Labute approximate surface area is 108 Å². The molecule has 1 atom stereocenters. The fourth-order valence-corrected chi connectivity index (χ4v) is 2.77. The monoisotopic (exact) mass is 266 g/mol. The van der Waals surface area contributed by atoms with Crippen molar-refractivity contribution in [2.45, 2.75) is 22.8 Å². The Hall–Kier alpha value is -1.39. The molecular weight excluding hydrogens is 254 g/mol. The summed E-state index contributed by atoms with van der Waals surface area (Å²) in [5, 5.41) is 9.59. The normalized spacial score (nSPS) is 12.4. The first-order valence-corrected chi connectivity index (χ1v) is 6.29. The highest BCUT2D eigenvalue weighted by Gasteiger charge is 2.14. The van der Waals surface area contributed by atoms with Crippen LogP contribution in [0.1, 0.15) is 18.6 Å². The lowest BCUT2D eigenvalue weighted by Crippen LogP contribution is -1.98. The van der Waals surface area contributed by atoms with Gasteiger partial charge in [0.15, 0.2) is 0 Å². The van der Waals surface area contributed by atoms with Gasteiger partial charge in [0.25, 0.3) is 0 Å². The minimum absolute atomic E-state index is 0.242. The van der Waals surface area contributed by atoms with Crippen molar-refractivity contribution in [1.82, 2.24) is 0 Å². The van der Waals surface area contributed by atoms with E-state index >= 15 is 0 Å². The number of hydrogen-bond acceptors (Lipinski definition) is 2. The molecule has 0 aliphatic rings. The van der Waals surface area contributed by atoms with Crippen molar-refractivity contribution in [3.8, 4) is 0 Å². The molecule has 0 amide bonds. The Kier molecular flexibility index (Phi) is 3.99. The van der Waals surface area contributed by atoms with E-state index in [1.54, 1.807) is 24.3 Å². The second kappa shape index (κ2) is 5.50. The molecule has 0 saturated carbocycles. The summed E-state index contributed by atoms with van der Waals surface area (Å²) < 4.78 is 26.7. The summed E-state index contributed by atoms with van der Waals surface area (Å²) in [5.74, 6) is -0.790. The van der Waals surface area contributed by atoms with Gasteiger partial charge in [-0.1, -0.05) is 23.9 Å². The Morgan fingerprint density at radius 2 is 1.83 bits per heavy atom. The summed E-state index contributed by atoms with van der Waals surface area (Å²) in [6.07, 6.45) is -0.901. The molecule has 18 heavy (non-hydrogen) atoms. The van der Waals surface area contributed by atoms with E-state index < -0.39 is 11.9 Å². The van der Waals surface area contributed by atoms with Crippen LogP contribution in [0.4, 0.5) is 8.78 Å². The van der Waals surface area contributed by atoms with Gasteiger partial charge in [0.2, 0.25) is 0 Å². The standard InChI is InChI=1S/C14H12F2OS/c1-9(17)14-12(16)6-3-7-13(14)18-11-5-2-4-10(15)8-11/h2-9,17H,1H3. The van der Waals surface area contributed by atoms with Gasteiger partial charge in [-0.05, 0) is 37.3 Å². The van der Waals surface area contributed by atoms with E-state index in [0.29, 0.717) is 9.79 Å². The second-order valence-electron chi connectivity index (χ2n) is 3.89. The molecule has 2 aromatic rings. The van der Waals surface area contributed by atoms with E-state index in [9.17, 15) is 13.9 Å². The van der Waals surface area contributed by atoms with Crippen molar-refractivity contribution in [2.75, 3.05) is 0 Å². The highest BCUT2D eigenvalue weighted by molar-refractivity contribution is 7.99. The molecule has 0 heterocycles. The Bertz CT molecular complexity index is 555. The summed E-state index contributed by atoms with van der Waals surface area (Å²) in [7, 11) is 0. The molecule has 4 heteroatoms. The fraction of sp³-hybridized carbons (Fsp3) is 0.143. The number of rotatable bonds is 3. The third kappa shape index (κ3) is 2.89. The van der Waals surface area contributed by atoms with Crippen LogP contribution in [0, 0.1) is 11.6 Å². The predicted octanol–water partition coefficient (Wildman–Crippen LogP) is 4.17. The summed E-state index contributed by atoms with van der Waals surface area (Å²) in [6.45, 7) is 1.51. The first-order chi connectivity index (χ1) is 8.58. The molecule has 0 aliphatic heterocycles. The molecule has 1 N–H and O–H groups in total. The van der Waals surface area contributed by atoms with Crippen molar-refractivity contribution in [1.29, 1.82) is 0 Å². The van der Waals surface area contributed by atoms with Gasteiger partial charge in [0, 0.05) is 15.4 Å². The number of aliphatic hydroxyl groups excluding tert-OH is 1. The number of benzene rings is 2. The molecule has 0 spiro atoms. The maximum Gasteiger partial charge on any atom is 0.130 e. The summed E-state index contributed by atoms with van der Waals surface area (Å²) >= 11 is 1.23. The Morgan fingerprint density at radius 3 is 2.50 bits per heavy atom. The van der Waals surface area contributed by atoms with Gasteiger partial charge in [-0.15, -0.1) is 0 Å². The zero-order valence-corrected chi connectivity index (χ0v) is 10.5. The fourth-order valence-electron chi connectivity index (χ4n) is 1.67. The first kappa shape index (κ1) is 13.1. The largest absolute Gasteiger partial charge is 0.389 e. The van der Waals surface area contributed by atoms with Gasteiger partial charge in [-0.25, -0.2) is 8.78 Å². The quantitative estimate of drug-likeness (QED) is 0.899. The van der Waals surface area contributed by atoms with Crippen molar-refractivity contribution in [3.63, 3.8) is 0 Å². The average Bonchev–Trinajstić information content (AvgIpc) is 2.28. The van der Waals surface area contributed by atoms with Gasteiger partial charge in [0.05, 0.1) is 6.10 Å². The highest BCUT2D eigenvalue weighted by Crippen LogP contribution is 2.34. The summed E-state index contributed by atoms with van der Waals surface area (Å²) in [4.78, 5) is 1.26. The lowest BCUT2D eigenvalue weighted by atomic mass is 10.1. The minimum Gasteiger partial charge on any atom is -0.389 e. The lowest BCUT2D eigenvalue weighted by Gasteiger charge is -2.12. The molecular formula is C14H12F2OS. The molecule has 0 radical (unpaired) electrons. The number of aliphatic hydroxyl groups is 1. The summed E-state index contributed by atoms with van der Waals surface area (Å²) in [5.41, 5.74) is 0.242. The van der Waals surface area contributed by atoms with Crippen LogP contribution in [0.3, 0.4) is 0 Å². The Morgan fingerprint density at radius 1 is 1.11 bits per heavy atom. The van der Waals surface area contributed by atoms with Crippen LogP contribution in [0.5, 0.6) is 0 Å². The topological polar surface area (TPSA) is 20.2 Å². The molecule has 0 fully saturated rings. The third-order valence-corrected chi connectivity index (χ3v) is 3.52. The van der Waals surface area contributed by atoms with Gasteiger partial charge in [-0.2, -0.15) is 0 Å². The molecule has 0 aliphatic carbocycles. The minimum atomic E-state index is -0.901. The van der Waals surface area contributed by atoms with E-state index in [-0.39, 0.29) is 11.4 Å². The highest BCUT2D eigenvalue weighted by atomic mass is 32.2. The molecule has 2 rings (SSSR count). The number of halogens is 2. The molecule has 0 saturated heterocycles. The van der Waals surface area contributed by atoms with Crippen molar-refractivity contribution < 1.29 is 13.9 Å². The summed E-state index contributed by atoms with van der Waals surface area (Å²) in [6, 6.07) is 10.7. The van der Waals surface area contributed by atoms with Crippen LogP contribution in [0.2, 0.25) is 0 Å². The number of hydrogen-bond donors (Lipinski definition) is 1. The lowest BCUT2D eigenvalue weighted by molar-refractivity contribution is 0.191. The molecule has 0 bridgehead atoms. The maximum atomic E-state index is 13.6. The van der Waals surface area contributed by atoms with E-state index in [1.807, 2.05) is 0 Å². The van der Waals surface area contributed by atoms with E-state index in [2.05, 4.69) is 0 Å². The molecule has 1 unspecified atom stereocenters. The molecule has 2 aromatic carbocycles. The van der Waals surface area contributed by atoms with Gasteiger partial charge in [-0.3, -0.25) is 0 Å². The van der Waals surface area contributed by atoms with Crippen molar-refractivity contribution in [3.05, 3.63) is 59.7 Å². The van der Waals surface area contributed by atoms with Crippen LogP contribution in [0.25, 0.3) is 0 Å². The van der Waals surface area contributed by atoms with Crippen LogP contribution >= 0.6 is 11.8 Å². The SMILES string of the molecule is CC(O)c1c(F)cccc1Sc1cccc(F)c1. The Balaban J connectivity index is 2.37. The average molecular weight is 266 g/mol. The van der Waals surface area contributed by atoms with Crippen LogP contribution < -0.4 is 0 Å². The molecule has 0 aromatic heterocycles. The zero-order valence-electron chi connectivity index (χ0n) is 9.73. The predicted molar refractivity (Wildman–Crippen MR) is 67.6 cm³/mol. The van der Waals surface area contributed by atoms with Crippen LogP contribution in [0.15, 0.2) is 52.3 Å².